The number of nitrogens with zero attached hydrogens (tertiary/aromatic N) is 1. The predicted octanol–water partition coefficient (Wildman–Crippen LogP) is 3.03. The van der Waals surface area contributed by atoms with Gasteiger partial charge < -0.3 is 20.1 Å². The number of amides is 2. The maximum atomic E-state index is 12.1. The van der Waals surface area contributed by atoms with Gasteiger partial charge in [0.1, 0.15) is 11.5 Å². The van der Waals surface area contributed by atoms with E-state index in [1.54, 1.807) is 24.3 Å². The number of aliphatic hydroxyl groups is 1. The minimum absolute atomic E-state index is 0.0798. The van der Waals surface area contributed by atoms with Gasteiger partial charge >= 0.3 is 0 Å². The van der Waals surface area contributed by atoms with E-state index in [4.69, 9.17) is 16.3 Å². The summed E-state index contributed by atoms with van der Waals surface area (Å²) in [6, 6.07) is 14.3. The van der Waals surface area contributed by atoms with Crippen LogP contribution in [0.2, 0.25) is 5.02 Å². The van der Waals surface area contributed by atoms with Gasteiger partial charge in [0.2, 0.25) is 0 Å². The molecule has 0 atom stereocenters. The fraction of sp³-hybridized carbons (Fsp3) is 0.158. The maximum Gasteiger partial charge on any atom is 0.289 e. The monoisotopic (exact) mass is 372 g/mol. The summed E-state index contributed by atoms with van der Waals surface area (Å²) in [4.78, 5) is 24.9. The van der Waals surface area contributed by atoms with E-state index in [0.29, 0.717) is 16.5 Å². The molecule has 2 N–H and O–H groups in total. The molecule has 0 fully saturated rings. The van der Waals surface area contributed by atoms with E-state index in [1.807, 2.05) is 24.3 Å². The highest BCUT2D eigenvalue weighted by Crippen LogP contribution is 2.28. The molecule has 1 aliphatic heterocycles. The smallest absolute Gasteiger partial charge is 0.289 e. The number of aliphatic hydroxyl groups excluding tert-OH is 1. The van der Waals surface area contributed by atoms with Crippen molar-refractivity contribution >= 4 is 23.4 Å². The molecular weight excluding hydrogens is 356 g/mol. The summed E-state index contributed by atoms with van der Waals surface area (Å²) >= 11 is 6.06. The lowest BCUT2D eigenvalue weighted by Gasteiger charge is -2.10. The molecule has 1 aliphatic rings. The van der Waals surface area contributed by atoms with Crippen LogP contribution in [0.1, 0.15) is 5.56 Å². The summed E-state index contributed by atoms with van der Waals surface area (Å²) in [7, 11) is 1.52. The molecule has 0 radical (unpaired) electrons. The summed E-state index contributed by atoms with van der Waals surface area (Å²) in [5.74, 6) is -0.314. The fourth-order valence-corrected chi connectivity index (χ4v) is 2.67. The van der Waals surface area contributed by atoms with Crippen molar-refractivity contribution < 1.29 is 19.4 Å². The largest absolute Gasteiger partial charge is 0.503 e. The minimum Gasteiger partial charge on any atom is -0.503 e. The number of likely N-dealkylation sites (N-methyl/N-ethyl adjacent to an activating group) is 1. The Morgan fingerprint density at radius 3 is 2.54 bits per heavy atom. The standard InChI is InChI=1S/C19H17ClN2O4/c1-22-11-14(17(23)19(22)25)18(24)21-10-12-6-8-13(9-7-12)26-16-5-3-2-4-15(16)20/h2-9,23H,10-11H2,1H3,(H,21,24). The first-order chi connectivity index (χ1) is 12.5. The number of halogens is 1. The lowest BCUT2D eigenvalue weighted by atomic mass is 10.2. The third-order valence-corrected chi connectivity index (χ3v) is 4.26. The molecule has 3 rings (SSSR count). The predicted molar refractivity (Wildman–Crippen MR) is 97.1 cm³/mol. The van der Waals surface area contributed by atoms with Crippen LogP contribution in [-0.4, -0.2) is 35.4 Å². The van der Waals surface area contributed by atoms with Gasteiger partial charge in [-0.1, -0.05) is 35.9 Å². The Morgan fingerprint density at radius 1 is 1.23 bits per heavy atom. The van der Waals surface area contributed by atoms with Crippen LogP contribution in [0, 0.1) is 0 Å². The Bertz CT molecular complexity index is 877. The van der Waals surface area contributed by atoms with Crippen LogP contribution in [0.25, 0.3) is 0 Å². The second-order valence-electron chi connectivity index (χ2n) is 5.85. The lowest BCUT2D eigenvalue weighted by Crippen LogP contribution is -2.27. The molecule has 26 heavy (non-hydrogen) atoms. The van der Waals surface area contributed by atoms with E-state index in [1.165, 1.54) is 11.9 Å². The summed E-state index contributed by atoms with van der Waals surface area (Å²) in [5, 5.41) is 12.9. The average Bonchev–Trinajstić information content (AvgIpc) is 2.90. The molecule has 0 saturated heterocycles. The Kier molecular flexibility index (Phi) is 5.14. The summed E-state index contributed by atoms with van der Waals surface area (Å²) < 4.78 is 5.71. The van der Waals surface area contributed by atoms with Gasteiger partial charge in [-0.05, 0) is 29.8 Å². The van der Waals surface area contributed by atoms with Crippen molar-refractivity contribution in [2.45, 2.75) is 6.54 Å². The van der Waals surface area contributed by atoms with Crippen LogP contribution in [-0.2, 0) is 16.1 Å². The van der Waals surface area contributed by atoms with Crippen molar-refractivity contribution in [3.8, 4) is 11.5 Å². The number of carbonyl (C=O) groups is 2. The highest BCUT2D eigenvalue weighted by Gasteiger charge is 2.31. The van der Waals surface area contributed by atoms with Crippen molar-refractivity contribution in [2.24, 2.45) is 0 Å². The number of para-hydroxylation sites is 1. The highest BCUT2D eigenvalue weighted by molar-refractivity contribution is 6.32. The molecular formula is C19H17ClN2O4. The topological polar surface area (TPSA) is 78.9 Å². The van der Waals surface area contributed by atoms with Gasteiger partial charge in [0.15, 0.2) is 5.76 Å². The minimum atomic E-state index is -0.545. The number of hydrogen-bond donors (Lipinski definition) is 2. The molecule has 1 heterocycles. The zero-order valence-electron chi connectivity index (χ0n) is 14.0. The Hall–Kier alpha value is -2.99. The van der Waals surface area contributed by atoms with Crippen LogP contribution in [0.5, 0.6) is 11.5 Å². The Morgan fingerprint density at radius 2 is 1.92 bits per heavy atom. The normalized spacial score (nSPS) is 13.9. The molecule has 2 aromatic rings. The maximum absolute atomic E-state index is 12.1. The number of carbonyl (C=O) groups excluding carboxylic acids is 2. The van der Waals surface area contributed by atoms with Crippen LogP contribution < -0.4 is 10.1 Å². The number of nitrogens with one attached hydrogen (secondary N) is 1. The van der Waals surface area contributed by atoms with Crippen LogP contribution in [0.15, 0.2) is 59.9 Å². The molecule has 0 aromatic heterocycles. The van der Waals surface area contributed by atoms with E-state index < -0.39 is 17.6 Å². The van der Waals surface area contributed by atoms with Crippen molar-refractivity contribution in [1.82, 2.24) is 10.2 Å². The van der Waals surface area contributed by atoms with Gasteiger partial charge in [0.05, 0.1) is 17.1 Å². The first-order valence-electron chi connectivity index (χ1n) is 7.93. The Labute approximate surface area is 155 Å². The first-order valence-corrected chi connectivity index (χ1v) is 8.30. The van der Waals surface area contributed by atoms with Gasteiger partial charge in [-0.3, -0.25) is 9.59 Å². The third-order valence-electron chi connectivity index (χ3n) is 3.95. The molecule has 0 aliphatic carbocycles. The van der Waals surface area contributed by atoms with Crippen LogP contribution in [0.4, 0.5) is 0 Å². The second-order valence-corrected chi connectivity index (χ2v) is 6.25. The highest BCUT2D eigenvalue weighted by atomic mass is 35.5. The summed E-state index contributed by atoms with van der Waals surface area (Å²) in [6.07, 6.45) is 0. The number of ether oxygens (including phenoxy) is 1. The van der Waals surface area contributed by atoms with E-state index in [9.17, 15) is 14.7 Å². The van der Waals surface area contributed by atoms with Crippen molar-refractivity contribution in [3.63, 3.8) is 0 Å². The van der Waals surface area contributed by atoms with Gasteiger partial charge in [0.25, 0.3) is 11.8 Å². The van der Waals surface area contributed by atoms with E-state index in [2.05, 4.69) is 5.32 Å². The molecule has 2 aromatic carbocycles. The molecule has 7 heteroatoms. The molecule has 0 spiro atoms. The second kappa shape index (κ2) is 7.49. The number of benzene rings is 2. The zero-order valence-corrected chi connectivity index (χ0v) is 14.8. The third kappa shape index (κ3) is 3.81. The van der Waals surface area contributed by atoms with Gasteiger partial charge in [-0.15, -0.1) is 0 Å². The molecule has 0 bridgehead atoms. The lowest BCUT2D eigenvalue weighted by molar-refractivity contribution is -0.126. The molecule has 134 valence electrons. The van der Waals surface area contributed by atoms with Crippen molar-refractivity contribution in [2.75, 3.05) is 13.6 Å². The SMILES string of the molecule is CN1CC(C(=O)NCc2ccc(Oc3ccccc3Cl)cc2)=C(O)C1=O. The van der Waals surface area contributed by atoms with E-state index in [0.717, 1.165) is 5.56 Å². The number of rotatable bonds is 5. The zero-order chi connectivity index (χ0) is 18.7. The molecule has 2 amide bonds. The van der Waals surface area contributed by atoms with Crippen LogP contribution >= 0.6 is 11.6 Å². The Balaban J connectivity index is 1.59. The molecule has 6 nitrogen and oxygen atoms in total. The first kappa shape index (κ1) is 17.8. The van der Waals surface area contributed by atoms with Crippen molar-refractivity contribution in [1.29, 1.82) is 0 Å². The number of hydrogen-bond acceptors (Lipinski definition) is 4. The molecule has 0 saturated carbocycles. The summed E-state index contributed by atoms with van der Waals surface area (Å²) in [5.41, 5.74) is 0.929. The quantitative estimate of drug-likeness (QED) is 0.845. The summed E-state index contributed by atoms with van der Waals surface area (Å²) in [6.45, 7) is 0.362. The van der Waals surface area contributed by atoms with Crippen molar-refractivity contribution in [3.05, 3.63) is 70.4 Å². The van der Waals surface area contributed by atoms with Gasteiger partial charge in [-0.2, -0.15) is 0 Å². The van der Waals surface area contributed by atoms with Crippen LogP contribution in [0.3, 0.4) is 0 Å². The van der Waals surface area contributed by atoms with Gasteiger partial charge in [-0.25, -0.2) is 0 Å². The van der Waals surface area contributed by atoms with E-state index in [-0.39, 0.29) is 18.7 Å². The fourth-order valence-electron chi connectivity index (χ4n) is 2.49. The van der Waals surface area contributed by atoms with Gasteiger partial charge in [0, 0.05) is 13.6 Å². The average molecular weight is 373 g/mol. The molecule has 0 unspecified atom stereocenters. The van der Waals surface area contributed by atoms with E-state index >= 15 is 0 Å².